The number of hydrogen-bond donors (Lipinski definition) is 1. The molecule has 0 bridgehead atoms. The van der Waals surface area contributed by atoms with E-state index in [0.29, 0.717) is 6.61 Å². The van der Waals surface area contributed by atoms with Crippen molar-refractivity contribution >= 4 is 0 Å². The first-order valence-electron chi connectivity index (χ1n) is 8.24. The number of ether oxygens (including phenoxy) is 2. The molecule has 0 aromatic heterocycles. The van der Waals surface area contributed by atoms with Gasteiger partial charge in [-0.3, -0.25) is 0 Å². The van der Waals surface area contributed by atoms with Gasteiger partial charge in [0.1, 0.15) is 0 Å². The Labute approximate surface area is 137 Å². The fraction of sp³-hybridized carbons (Fsp3) is 0.400. The van der Waals surface area contributed by atoms with Gasteiger partial charge in [0.25, 0.3) is 0 Å². The van der Waals surface area contributed by atoms with Gasteiger partial charge in [-0.25, -0.2) is 0 Å². The average Bonchev–Trinajstić information content (AvgIpc) is 3.05. The molecule has 1 fully saturated rings. The predicted octanol–water partition coefficient (Wildman–Crippen LogP) is 3.73. The Bertz CT molecular complexity index is 584. The van der Waals surface area contributed by atoms with Gasteiger partial charge in [0.2, 0.25) is 0 Å². The lowest BCUT2D eigenvalue weighted by Crippen LogP contribution is -2.32. The van der Waals surface area contributed by atoms with E-state index < -0.39 is 0 Å². The van der Waals surface area contributed by atoms with Crippen LogP contribution in [0.25, 0.3) is 0 Å². The summed E-state index contributed by atoms with van der Waals surface area (Å²) in [6.07, 6.45) is 0.790. The first-order chi connectivity index (χ1) is 11.3. The van der Waals surface area contributed by atoms with Crippen molar-refractivity contribution in [1.29, 1.82) is 0 Å². The second kappa shape index (κ2) is 7.73. The van der Waals surface area contributed by atoms with Crippen molar-refractivity contribution in [3.05, 3.63) is 71.8 Å². The summed E-state index contributed by atoms with van der Waals surface area (Å²) in [5, 5.41) is 9.52. The Kier molecular flexibility index (Phi) is 5.44. The summed E-state index contributed by atoms with van der Waals surface area (Å²) in [6.45, 7) is 2.69. The first kappa shape index (κ1) is 16.2. The molecule has 122 valence electrons. The van der Waals surface area contributed by atoms with Gasteiger partial charge in [-0.15, -0.1) is 0 Å². The first-order valence-corrected chi connectivity index (χ1v) is 8.24. The van der Waals surface area contributed by atoms with Crippen LogP contribution in [0.2, 0.25) is 0 Å². The zero-order valence-corrected chi connectivity index (χ0v) is 13.5. The molecular weight excluding hydrogens is 288 g/mol. The summed E-state index contributed by atoms with van der Waals surface area (Å²) in [4.78, 5) is 0. The Morgan fingerprint density at radius 1 is 1.09 bits per heavy atom. The van der Waals surface area contributed by atoms with Crippen LogP contribution >= 0.6 is 0 Å². The highest BCUT2D eigenvalue weighted by molar-refractivity contribution is 5.19. The fourth-order valence-corrected chi connectivity index (χ4v) is 3.11. The summed E-state index contributed by atoms with van der Waals surface area (Å²) in [7, 11) is 0. The predicted molar refractivity (Wildman–Crippen MR) is 89.9 cm³/mol. The maximum absolute atomic E-state index is 9.52. The van der Waals surface area contributed by atoms with Crippen LogP contribution in [0.3, 0.4) is 0 Å². The smallest absolute Gasteiger partial charge is 0.0893 e. The van der Waals surface area contributed by atoms with Gasteiger partial charge in [-0.2, -0.15) is 0 Å². The minimum absolute atomic E-state index is 0.00237. The maximum atomic E-state index is 9.52. The summed E-state index contributed by atoms with van der Waals surface area (Å²) >= 11 is 0. The van der Waals surface area contributed by atoms with E-state index in [1.54, 1.807) is 0 Å². The molecule has 0 amide bonds. The number of rotatable bonds is 6. The summed E-state index contributed by atoms with van der Waals surface area (Å²) < 4.78 is 12.4. The van der Waals surface area contributed by atoms with Gasteiger partial charge in [0, 0.05) is 18.9 Å². The second-order valence-corrected chi connectivity index (χ2v) is 6.23. The third-order valence-corrected chi connectivity index (χ3v) is 4.46. The SMILES string of the molecule is C[C@@H](CO)[C@H]1O[C@@H](c2ccccc2)C[C@@H]1OCc1ccccc1. The molecule has 3 heteroatoms. The van der Waals surface area contributed by atoms with Crippen LogP contribution in [0.4, 0.5) is 0 Å². The molecule has 1 aliphatic rings. The molecule has 0 aliphatic carbocycles. The summed E-state index contributed by atoms with van der Waals surface area (Å²) in [5.74, 6) is 0.0597. The van der Waals surface area contributed by atoms with Gasteiger partial charge < -0.3 is 14.6 Å². The molecule has 3 rings (SSSR count). The fourth-order valence-electron chi connectivity index (χ4n) is 3.11. The van der Waals surface area contributed by atoms with Crippen LogP contribution in [-0.2, 0) is 16.1 Å². The molecule has 4 atom stereocenters. The molecule has 2 aromatic carbocycles. The van der Waals surface area contributed by atoms with Crippen LogP contribution in [0.1, 0.15) is 30.6 Å². The Morgan fingerprint density at radius 2 is 1.74 bits per heavy atom. The van der Waals surface area contributed by atoms with Crippen LogP contribution in [0, 0.1) is 5.92 Å². The van der Waals surface area contributed by atoms with E-state index in [2.05, 4.69) is 24.3 Å². The Morgan fingerprint density at radius 3 is 2.39 bits per heavy atom. The molecule has 2 aromatic rings. The highest BCUT2D eigenvalue weighted by Crippen LogP contribution is 2.37. The zero-order valence-electron chi connectivity index (χ0n) is 13.5. The van der Waals surface area contributed by atoms with Crippen molar-refractivity contribution in [2.24, 2.45) is 5.92 Å². The van der Waals surface area contributed by atoms with E-state index in [1.165, 1.54) is 5.56 Å². The third kappa shape index (κ3) is 3.99. The van der Waals surface area contributed by atoms with Crippen molar-refractivity contribution in [3.63, 3.8) is 0 Å². The van der Waals surface area contributed by atoms with E-state index >= 15 is 0 Å². The van der Waals surface area contributed by atoms with Gasteiger partial charge in [-0.1, -0.05) is 67.6 Å². The minimum Gasteiger partial charge on any atom is -0.396 e. The van der Waals surface area contributed by atoms with Gasteiger partial charge >= 0.3 is 0 Å². The van der Waals surface area contributed by atoms with Crippen molar-refractivity contribution < 1.29 is 14.6 Å². The topological polar surface area (TPSA) is 38.7 Å². The minimum atomic E-state index is -0.0751. The third-order valence-electron chi connectivity index (χ3n) is 4.46. The quantitative estimate of drug-likeness (QED) is 0.883. The van der Waals surface area contributed by atoms with Gasteiger partial charge in [0.15, 0.2) is 0 Å². The summed E-state index contributed by atoms with van der Waals surface area (Å²) in [6, 6.07) is 20.4. The number of aliphatic hydroxyl groups excluding tert-OH is 1. The van der Waals surface area contributed by atoms with Crippen LogP contribution in [-0.4, -0.2) is 23.9 Å². The normalized spacial score (nSPS) is 25.4. The van der Waals surface area contributed by atoms with Crippen LogP contribution in [0.5, 0.6) is 0 Å². The maximum Gasteiger partial charge on any atom is 0.0893 e. The van der Waals surface area contributed by atoms with Crippen molar-refractivity contribution in [2.75, 3.05) is 6.61 Å². The Hall–Kier alpha value is -1.68. The molecule has 23 heavy (non-hydrogen) atoms. The van der Waals surface area contributed by atoms with Gasteiger partial charge in [-0.05, 0) is 11.1 Å². The highest BCUT2D eigenvalue weighted by atomic mass is 16.6. The lowest BCUT2D eigenvalue weighted by atomic mass is 9.98. The van der Waals surface area contributed by atoms with E-state index in [9.17, 15) is 5.11 Å². The largest absolute Gasteiger partial charge is 0.396 e. The molecule has 0 spiro atoms. The summed E-state index contributed by atoms with van der Waals surface area (Å²) in [5.41, 5.74) is 2.33. The average molecular weight is 312 g/mol. The number of aliphatic hydroxyl groups is 1. The second-order valence-electron chi connectivity index (χ2n) is 6.23. The van der Waals surface area contributed by atoms with Crippen molar-refractivity contribution in [1.82, 2.24) is 0 Å². The molecule has 1 aliphatic heterocycles. The molecule has 0 saturated carbocycles. The van der Waals surface area contributed by atoms with Crippen LogP contribution in [0.15, 0.2) is 60.7 Å². The molecule has 0 radical (unpaired) electrons. The number of benzene rings is 2. The van der Waals surface area contributed by atoms with E-state index in [4.69, 9.17) is 9.47 Å². The molecular formula is C20H24O3. The zero-order chi connectivity index (χ0) is 16.1. The Balaban J connectivity index is 1.68. The van der Waals surface area contributed by atoms with Gasteiger partial charge in [0.05, 0.1) is 24.9 Å². The molecule has 1 N–H and O–H groups in total. The van der Waals surface area contributed by atoms with Crippen LogP contribution < -0.4 is 0 Å². The van der Waals surface area contributed by atoms with Crippen molar-refractivity contribution in [2.45, 2.75) is 38.3 Å². The van der Waals surface area contributed by atoms with Crippen molar-refractivity contribution in [3.8, 4) is 0 Å². The molecule has 1 saturated heterocycles. The lowest BCUT2D eigenvalue weighted by molar-refractivity contribution is -0.0631. The number of hydrogen-bond acceptors (Lipinski definition) is 3. The standard InChI is InChI=1S/C20H24O3/c1-15(13-21)20-19(22-14-16-8-4-2-5-9-16)12-18(23-20)17-10-6-3-7-11-17/h2-11,15,18-21H,12-14H2,1H3/t15-,18+,19-,20+/m0/s1. The highest BCUT2D eigenvalue weighted by Gasteiger charge is 2.39. The molecule has 3 nitrogen and oxygen atoms in total. The van der Waals surface area contributed by atoms with E-state index in [-0.39, 0.29) is 30.8 Å². The van der Waals surface area contributed by atoms with E-state index in [1.807, 2.05) is 43.3 Å². The molecule has 1 heterocycles. The van der Waals surface area contributed by atoms with E-state index in [0.717, 1.165) is 12.0 Å². The monoisotopic (exact) mass is 312 g/mol. The lowest BCUT2D eigenvalue weighted by Gasteiger charge is -2.23. The molecule has 0 unspecified atom stereocenters.